The third kappa shape index (κ3) is 3.75. The van der Waals surface area contributed by atoms with Crippen molar-refractivity contribution in [3.63, 3.8) is 0 Å². The van der Waals surface area contributed by atoms with Crippen molar-refractivity contribution < 1.29 is 14.8 Å². The summed E-state index contributed by atoms with van der Waals surface area (Å²) in [7, 11) is 0. The van der Waals surface area contributed by atoms with Crippen molar-refractivity contribution in [3.8, 4) is 0 Å². The number of aromatic carboxylic acids is 1. The zero-order valence-electron chi connectivity index (χ0n) is 11.2. The maximum atomic E-state index is 11.2. The van der Waals surface area contributed by atoms with Crippen molar-refractivity contribution in [1.82, 2.24) is 5.32 Å². The van der Waals surface area contributed by atoms with E-state index in [1.165, 1.54) is 12.1 Å². The number of carboxylic acid groups (broad SMARTS) is 1. The highest BCUT2D eigenvalue weighted by molar-refractivity contribution is 5.94. The first-order valence-corrected chi connectivity index (χ1v) is 6.07. The monoisotopic (exact) mass is 266 g/mol. The third-order valence-corrected chi connectivity index (χ3v) is 3.15. The number of rotatable bonds is 6. The summed E-state index contributed by atoms with van der Waals surface area (Å²) in [6, 6.07) is 4.50. The van der Waals surface area contributed by atoms with Crippen LogP contribution in [-0.4, -0.2) is 22.0 Å². The summed E-state index contributed by atoms with van der Waals surface area (Å²) in [4.78, 5) is 21.4. The number of hydrogen-bond donors (Lipinski definition) is 2. The van der Waals surface area contributed by atoms with E-state index in [1.54, 1.807) is 6.07 Å². The molecule has 0 aliphatic rings. The van der Waals surface area contributed by atoms with Crippen LogP contribution in [0.25, 0.3) is 0 Å². The van der Waals surface area contributed by atoms with Crippen LogP contribution in [0.5, 0.6) is 0 Å². The first-order valence-electron chi connectivity index (χ1n) is 6.07. The van der Waals surface area contributed by atoms with Crippen LogP contribution in [0.4, 0.5) is 5.69 Å². The van der Waals surface area contributed by atoms with Gasteiger partial charge >= 0.3 is 5.97 Å². The van der Waals surface area contributed by atoms with E-state index in [2.05, 4.69) is 5.32 Å². The highest BCUT2D eigenvalue weighted by atomic mass is 16.6. The molecule has 0 bridgehead atoms. The fourth-order valence-electron chi connectivity index (χ4n) is 1.64. The first kappa shape index (κ1) is 15.1. The Balaban J connectivity index is 3.04. The van der Waals surface area contributed by atoms with Gasteiger partial charge in [0.25, 0.3) is 5.69 Å². The van der Waals surface area contributed by atoms with Gasteiger partial charge in [-0.1, -0.05) is 26.0 Å². The molecule has 1 rings (SSSR count). The summed E-state index contributed by atoms with van der Waals surface area (Å²) in [6.45, 7) is 6.37. The Labute approximate surface area is 111 Å². The van der Waals surface area contributed by atoms with Gasteiger partial charge in [-0.2, -0.15) is 0 Å². The topological polar surface area (TPSA) is 92.5 Å². The largest absolute Gasteiger partial charge is 0.477 e. The van der Waals surface area contributed by atoms with Crippen LogP contribution in [0.2, 0.25) is 0 Å². The lowest BCUT2D eigenvalue weighted by atomic mass is 10.0. The van der Waals surface area contributed by atoms with E-state index >= 15 is 0 Å². The van der Waals surface area contributed by atoms with Gasteiger partial charge in [0.1, 0.15) is 5.56 Å². The summed E-state index contributed by atoms with van der Waals surface area (Å²) < 4.78 is 0. The van der Waals surface area contributed by atoms with E-state index in [0.717, 1.165) is 0 Å². The number of carbonyl (C=O) groups is 1. The highest BCUT2D eigenvalue weighted by Crippen LogP contribution is 2.22. The minimum absolute atomic E-state index is 0.195. The van der Waals surface area contributed by atoms with E-state index in [9.17, 15) is 14.9 Å². The molecule has 1 aromatic carbocycles. The Morgan fingerprint density at radius 1 is 1.42 bits per heavy atom. The van der Waals surface area contributed by atoms with Crippen LogP contribution in [0, 0.1) is 16.0 Å². The first-order chi connectivity index (χ1) is 8.84. The molecule has 0 fully saturated rings. The Kier molecular flexibility index (Phi) is 5.00. The van der Waals surface area contributed by atoms with E-state index < -0.39 is 10.9 Å². The summed E-state index contributed by atoms with van der Waals surface area (Å²) >= 11 is 0. The summed E-state index contributed by atoms with van der Waals surface area (Å²) in [5, 5.41) is 23.2. The second-order valence-corrected chi connectivity index (χ2v) is 4.79. The Bertz CT molecular complexity index is 486. The van der Waals surface area contributed by atoms with Crippen LogP contribution < -0.4 is 5.32 Å². The summed E-state index contributed by atoms with van der Waals surface area (Å²) in [6.07, 6.45) is 0. The van der Waals surface area contributed by atoms with Crippen molar-refractivity contribution in [2.24, 2.45) is 5.92 Å². The second kappa shape index (κ2) is 6.29. The molecule has 1 aromatic rings. The lowest BCUT2D eigenvalue weighted by Crippen LogP contribution is -2.30. The molecule has 6 heteroatoms. The number of nitro groups is 1. The highest BCUT2D eigenvalue weighted by Gasteiger charge is 2.23. The van der Waals surface area contributed by atoms with Crippen LogP contribution in [-0.2, 0) is 6.54 Å². The van der Waals surface area contributed by atoms with Crippen LogP contribution in [0.3, 0.4) is 0 Å². The molecule has 0 aromatic heterocycles. The zero-order chi connectivity index (χ0) is 14.6. The molecule has 19 heavy (non-hydrogen) atoms. The molecule has 0 amide bonds. The lowest BCUT2D eigenvalue weighted by molar-refractivity contribution is -0.385. The van der Waals surface area contributed by atoms with Gasteiger partial charge in [-0.05, 0) is 18.4 Å². The van der Waals surface area contributed by atoms with Gasteiger partial charge in [-0.25, -0.2) is 4.79 Å². The number of nitrogens with zero attached hydrogens (tertiary/aromatic N) is 1. The van der Waals surface area contributed by atoms with Crippen molar-refractivity contribution in [3.05, 3.63) is 39.4 Å². The fourth-order valence-corrected chi connectivity index (χ4v) is 1.64. The normalized spacial score (nSPS) is 12.4. The second-order valence-electron chi connectivity index (χ2n) is 4.79. The van der Waals surface area contributed by atoms with Crippen molar-refractivity contribution in [2.75, 3.05) is 0 Å². The van der Waals surface area contributed by atoms with E-state index in [0.29, 0.717) is 18.0 Å². The molecule has 0 aliphatic carbocycles. The predicted octanol–water partition coefficient (Wildman–Crippen LogP) is 2.43. The van der Waals surface area contributed by atoms with Gasteiger partial charge in [0, 0.05) is 18.7 Å². The average molecular weight is 266 g/mol. The van der Waals surface area contributed by atoms with Crippen molar-refractivity contribution in [1.29, 1.82) is 0 Å². The van der Waals surface area contributed by atoms with Crippen LogP contribution in [0.1, 0.15) is 36.7 Å². The van der Waals surface area contributed by atoms with Gasteiger partial charge < -0.3 is 10.4 Å². The van der Waals surface area contributed by atoms with E-state index in [1.807, 2.05) is 20.8 Å². The molecule has 0 heterocycles. The van der Waals surface area contributed by atoms with Gasteiger partial charge in [-0.3, -0.25) is 10.1 Å². The lowest BCUT2D eigenvalue weighted by Gasteiger charge is -2.18. The van der Waals surface area contributed by atoms with Gasteiger partial charge in [-0.15, -0.1) is 0 Å². The van der Waals surface area contributed by atoms with Crippen molar-refractivity contribution >= 4 is 11.7 Å². The van der Waals surface area contributed by atoms with Gasteiger partial charge in [0.05, 0.1) is 4.92 Å². The molecule has 0 radical (unpaired) electrons. The molecule has 0 spiro atoms. The SMILES string of the molecule is CC(C)C(C)NCc1cccc([N+](=O)[O-])c1C(=O)O. The molecule has 104 valence electrons. The third-order valence-electron chi connectivity index (χ3n) is 3.15. The number of benzene rings is 1. The minimum atomic E-state index is -1.28. The molecule has 1 unspecified atom stereocenters. The number of nitrogens with one attached hydrogen (secondary N) is 1. The molecule has 2 N–H and O–H groups in total. The Hall–Kier alpha value is -1.95. The van der Waals surface area contributed by atoms with E-state index in [-0.39, 0.29) is 17.3 Å². The summed E-state index contributed by atoms with van der Waals surface area (Å²) in [5.74, 6) is -0.881. The molecule has 1 atom stereocenters. The van der Waals surface area contributed by atoms with E-state index in [4.69, 9.17) is 5.11 Å². The number of hydrogen-bond acceptors (Lipinski definition) is 4. The van der Waals surface area contributed by atoms with Gasteiger partial charge in [0.2, 0.25) is 0 Å². The smallest absolute Gasteiger partial charge is 0.343 e. The molecular formula is C13H18N2O4. The standard InChI is InChI=1S/C13H18N2O4/c1-8(2)9(3)14-7-10-5-4-6-11(15(18)19)12(10)13(16)17/h4-6,8-9,14H,7H2,1-3H3,(H,16,17). The van der Waals surface area contributed by atoms with Gasteiger partial charge in [0.15, 0.2) is 0 Å². The molecule has 6 nitrogen and oxygen atoms in total. The number of nitro benzene ring substituents is 1. The molecular weight excluding hydrogens is 248 g/mol. The van der Waals surface area contributed by atoms with Crippen LogP contribution in [0.15, 0.2) is 18.2 Å². The summed E-state index contributed by atoms with van der Waals surface area (Å²) in [5.41, 5.74) is -0.186. The zero-order valence-corrected chi connectivity index (χ0v) is 11.2. The molecule has 0 aliphatic heterocycles. The average Bonchev–Trinajstić information content (AvgIpc) is 2.34. The molecule has 0 saturated carbocycles. The van der Waals surface area contributed by atoms with Crippen molar-refractivity contribution in [2.45, 2.75) is 33.4 Å². The minimum Gasteiger partial charge on any atom is -0.477 e. The maximum Gasteiger partial charge on any atom is 0.343 e. The fraction of sp³-hybridized carbons (Fsp3) is 0.462. The number of carboxylic acids is 1. The van der Waals surface area contributed by atoms with Crippen LogP contribution >= 0.6 is 0 Å². The maximum absolute atomic E-state index is 11.2. The molecule has 0 saturated heterocycles. The quantitative estimate of drug-likeness (QED) is 0.609. The Morgan fingerprint density at radius 3 is 2.53 bits per heavy atom. The Morgan fingerprint density at radius 2 is 2.05 bits per heavy atom. The predicted molar refractivity (Wildman–Crippen MR) is 71.2 cm³/mol.